The van der Waals surface area contributed by atoms with Gasteiger partial charge in [0.25, 0.3) is 11.2 Å². The minimum atomic E-state index is -4.59. The molecule has 3 aromatic rings. The molecule has 1 heterocycles. The first kappa shape index (κ1) is 22.6. The third kappa shape index (κ3) is 4.78. The Morgan fingerprint density at radius 3 is 2.34 bits per heavy atom. The number of nitro benzene ring substituents is 1. The Morgan fingerprint density at radius 2 is 1.78 bits per heavy atom. The maximum Gasteiger partial charge on any atom is 0.362 e. The zero-order valence-electron chi connectivity index (χ0n) is 16.3. The van der Waals surface area contributed by atoms with Gasteiger partial charge in [-0.2, -0.15) is 18.2 Å². The Morgan fingerprint density at radius 1 is 1.16 bits per heavy atom. The van der Waals surface area contributed by atoms with Crippen molar-refractivity contribution >= 4 is 21.8 Å². The smallest absolute Gasteiger partial charge is 0.362 e. The molecule has 0 bridgehead atoms. The normalized spacial score (nSPS) is 11.1. The van der Waals surface area contributed by atoms with Gasteiger partial charge in [0.05, 0.1) is 23.3 Å². The average Bonchev–Trinajstić information content (AvgIpc) is 2.74. The van der Waals surface area contributed by atoms with Gasteiger partial charge in [-0.05, 0) is 43.3 Å². The van der Waals surface area contributed by atoms with E-state index in [4.69, 9.17) is 8.92 Å². The van der Waals surface area contributed by atoms with Crippen LogP contribution in [-0.2, 0) is 14.9 Å². The Bertz CT molecular complexity index is 1340. The number of hydrogen-bond acceptors (Lipinski definition) is 9. The molecule has 1 aromatic heterocycles. The van der Waals surface area contributed by atoms with E-state index in [0.717, 1.165) is 41.1 Å². The number of esters is 1. The Labute approximate surface area is 179 Å². The summed E-state index contributed by atoms with van der Waals surface area (Å²) >= 11 is 0. The number of nitrogens with zero attached hydrogens (tertiary/aromatic N) is 3. The third-order valence-electron chi connectivity index (χ3n) is 3.97. The molecular formula is C19H14FN3O8S. The topological polar surface area (TPSA) is 148 Å². The van der Waals surface area contributed by atoms with E-state index in [2.05, 4.69) is 5.10 Å². The molecule has 0 N–H and O–H groups in total. The quantitative estimate of drug-likeness (QED) is 0.223. The van der Waals surface area contributed by atoms with E-state index in [9.17, 15) is 32.5 Å². The van der Waals surface area contributed by atoms with Crippen LogP contribution in [0, 0.1) is 15.9 Å². The maximum absolute atomic E-state index is 13.2. The molecule has 0 saturated carbocycles. The molecule has 13 heteroatoms. The average molecular weight is 463 g/mol. The fourth-order valence-electron chi connectivity index (χ4n) is 2.51. The molecule has 0 spiro atoms. The van der Waals surface area contributed by atoms with Gasteiger partial charge in [0.15, 0.2) is 5.75 Å². The van der Waals surface area contributed by atoms with E-state index in [1.54, 1.807) is 0 Å². The second-order valence-corrected chi connectivity index (χ2v) is 7.64. The van der Waals surface area contributed by atoms with Crippen molar-refractivity contribution < 1.29 is 31.4 Å². The lowest BCUT2D eigenvalue weighted by molar-refractivity contribution is -0.384. The van der Waals surface area contributed by atoms with Crippen molar-refractivity contribution in [2.24, 2.45) is 0 Å². The molecule has 2 aromatic carbocycles. The third-order valence-corrected chi connectivity index (χ3v) is 5.22. The number of benzene rings is 2. The largest absolute Gasteiger partial charge is 0.461 e. The number of halogens is 1. The van der Waals surface area contributed by atoms with Gasteiger partial charge in [0, 0.05) is 12.1 Å². The molecule has 0 aliphatic carbocycles. The monoisotopic (exact) mass is 463 g/mol. The molecule has 0 aliphatic rings. The van der Waals surface area contributed by atoms with Crippen molar-refractivity contribution in [3.05, 3.63) is 86.6 Å². The standard InChI is InChI=1S/C19H14FN3O8S/c1-2-30-19(25)18-16(11-17(24)22(21-18)13-5-3-12(20)4-6-13)31-32(28,29)15-9-7-14(8-10-15)23(26)27/h3-11H,2H2,1H3. The molecule has 166 valence electrons. The molecule has 0 radical (unpaired) electrons. The molecule has 32 heavy (non-hydrogen) atoms. The lowest BCUT2D eigenvalue weighted by atomic mass is 10.3. The number of carbonyl (C=O) groups is 1. The molecule has 0 aliphatic heterocycles. The SMILES string of the molecule is CCOC(=O)c1nn(-c2ccc(F)cc2)c(=O)cc1OS(=O)(=O)c1ccc([N+](=O)[O-])cc1. The highest BCUT2D eigenvalue weighted by Crippen LogP contribution is 2.23. The zero-order chi connectivity index (χ0) is 23.5. The molecule has 3 rings (SSSR count). The summed E-state index contributed by atoms with van der Waals surface area (Å²) in [4.78, 5) is 34.4. The van der Waals surface area contributed by atoms with E-state index in [1.165, 1.54) is 19.1 Å². The number of ether oxygens (including phenoxy) is 1. The molecule has 0 amide bonds. The fraction of sp³-hybridized carbons (Fsp3) is 0.105. The molecular weight excluding hydrogens is 449 g/mol. The highest BCUT2D eigenvalue weighted by molar-refractivity contribution is 7.87. The van der Waals surface area contributed by atoms with Gasteiger partial charge in [0.2, 0.25) is 5.69 Å². The number of rotatable bonds is 7. The van der Waals surface area contributed by atoms with Crippen LogP contribution in [0.4, 0.5) is 10.1 Å². The van der Waals surface area contributed by atoms with E-state index in [-0.39, 0.29) is 18.0 Å². The zero-order valence-corrected chi connectivity index (χ0v) is 17.1. The first-order chi connectivity index (χ1) is 15.1. The lowest BCUT2D eigenvalue weighted by Gasteiger charge is -2.12. The number of carbonyl (C=O) groups excluding carboxylic acids is 1. The fourth-order valence-corrected chi connectivity index (χ4v) is 3.44. The number of hydrogen-bond donors (Lipinski definition) is 0. The summed E-state index contributed by atoms with van der Waals surface area (Å²) in [6.07, 6.45) is 0. The first-order valence-corrected chi connectivity index (χ1v) is 10.3. The van der Waals surface area contributed by atoms with Gasteiger partial charge in [0.1, 0.15) is 10.7 Å². The van der Waals surface area contributed by atoms with Crippen LogP contribution in [0.1, 0.15) is 17.4 Å². The minimum Gasteiger partial charge on any atom is -0.461 e. The van der Waals surface area contributed by atoms with Gasteiger partial charge >= 0.3 is 16.1 Å². The van der Waals surface area contributed by atoms with Gasteiger partial charge in [-0.1, -0.05) is 0 Å². The van der Waals surface area contributed by atoms with Crippen LogP contribution in [-0.4, -0.2) is 35.7 Å². The summed E-state index contributed by atoms with van der Waals surface area (Å²) in [6, 6.07) is 9.08. The van der Waals surface area contributed by atoms with Crippen LogP contribution in [0.3, 0.4) is 0 Å². The van der Waals surface area contributed by atoms with E-state index in [0.29, 0.717) is 6.07 Å². The molecule has 0 fully saturated rings. The van der Waals surface area contributed by atoms with Crippen molar-refractivity contribution in [3.63, 3.8) is 0 Å². The summed E-state index contributed by atoms with van der Waals surface area (Å²) in [6.45, 7) is 1.42. The van der Waals surface area contributed by atoms with Crippen LogP contribution < -0.4 is 9.74 Å². The molecule has 0 saturated heterocycles. The Hall–Kier alpha value is -4.13. The predicted molar refractivity (Wildman–Crippen MR) is 107 cm³/mol. The molecule has 0 unspecified atom stereocenters. The summed E-state index contributed by atoms with van der Waals surface area (Å²) in [5.74, 6) is -2.34. The lowest BCUT2D eigenvalue weighted by Crippen LogP contribution is -2.26. The van der Waals surface area contributed by atoms with Crippen molar-refractivity contribution in [2.75, 3.05) is 6.61 Å². The van der Waals surface area contributed by atoms with Crippen LogP contribution in [0.2, 0.25) is 0 Å². The summed E-state index contributed by atoms with van der Waals surface area (Å²) < 4.78 is 48.9. The number of non-ortho nitro benzene ring substituents is 1. The van der Waals surface area contributed by atoms with E-state index >= 15 is 0 Å². The summed E-state index contributed by atoms with van der Waals surface area (Å²) in [5, 5.41) is 14.6. The van der Waals surface area contributed by atoms with Gasteiger partial charge < -0.3 is 8.92 Å². The maximum atomic E-state index is 13.2. The van der Waals surface area contributed by atoms with Crippen LogP contribution in [0.15, 0.2) is 64.3 Å². The first-order valence-electron chi connectivity index (χ1n) is 8.89. The number of nitro groups is 1. The van der Waals surface area contributed by atoms with Gasteiger partial charge in [-0.3, -0.25) is 14.9 Å². The Balaban J connectivity index is 2.07. The van der Waals surface area contributed by atoms with Crippen molar-refractivity contribution in [1.82, 2.24) is 9.78 Å². The second kappa shape index (κ2) is 8.93. The second-order valence-electron chi connectivity index (χ2n) is 6.09. The van der Waals surface area contributed by atoms with Crippen molar-refractivity contribution in [1.29, 1.82) is 0 Å². The van der Waals surface area contributed by atoms with Crippen LogP contribution >= 0.6 is 0 Å². The van der Waals surface area contributed by atoms with Crippen LogP contribution in [0.25, 0.3) is 5.69 Å². The highest BCUT2D eigenvalue weighted by atomic mass is 32.2. The van der Waals surface area contributed by atoms with Crippen LogP contribution in [0.5, 0.6) is 5.75 Å². The Kier molecular flexibility index (Phi) is 6.30. The van der Waals surface area contributed by atoms with Gasteiger partial charge in [-0.25, -0.2) is 9.18 Å². The summed E-state index contributed by atoms with van der Waals surface area (Å²) in [5.41, 5.74) is -1.74. The van der Waals surface area contributed by atoms with Gasteiger partial charge in [-0.15, -0.1) is 0 Å². The van der Waals surface area contributed by atoms with Crippen molar-refractivity contribution in [3.8, 4) is 11.4 Å². The number of aromatic nitrogens is 2. The highest BCUT2D eigenvalue weighted by Gasteiger charge is 2.26. The molecule has 0 atom stereocenters. The van der Waals surface area contributed by atoms with E-state index in [1.807, 2.05) is 0 Å². The predicted octanol–water partition coefficient (Wildman–Crippen LogP) is 2.22. The molecule has 11 nitrogen and oxygen atoms in total. The minimum absolute atomic E-state index is 0.0786. The van der Waals surface area contributed by atoms with Crippen molar-refractivity contribution in [2.45, 2.75) is 11.8 Å². The van der Waals surface area contributed by atoms with E-state index < -0.39 is 48.7 Å². The summed E-state index contributed by atoms with van der Waals surface area (Å²) in [7, 11) is -4.59.